The minimum Gasteiger partial charge on any atom is -0.378 e. The van der Waals surface area contributed by atoms with Gasteiger partial charge in [-0.25, -0.2) is 4.98 Å². The predicted molar refractivity (Wildman–Crippen MR) is 80.2 cm³/mol. The zero-order valence-electron chi connectivity index (χ0n) is 11.9. The van der Waals surface area contributed by atoms with Crippen LogP contribution in [-0.2, 0) is 14.4 Å². The molecule has 0 aliphatic rings. The zero-order valence-corrected chi connectivity index (χ0v) is 12.7. The molecule has 0 saturated heterocycles. The molecule has 21 heavy (non-hydrogen) atoms. The molecule has 0 atom stereocenters. The number of rotatable bonds is 4. The van der Waals surface area contributed by atoms with Gasteiger partial charge in [-0.05, 0) is 36.2 Å². The van der Waals surface area contributed by atoms with Crippen LogP contribution in [-0.4, -0.2) is 30.5 Å². The smallest absolute Gasteiger partial charge is 0.325 e. The van der Waals surface area contributed by atoms with Crippen molar-refractivity contribution in [3.8, 4) is 11.3 Å². The van der Waals surface area contributed by atoms with Crippen molar-refractivity contribution in [2.45, 2.75) is 13.8 Å². The molecule has 112 valence electrons. The van der Waals surface area contributed by atoms with Crippen LogP contribution in [0.2, 0.25) is 0 Å². The zero-order chi connectivity index (χ0) is 15.6. The van der Waals surface area contributed by atoms with E-state index in [2.05, 4.69) is 19.4 Å². The maximum atomic E-state index is 10.8. The third-order valence-electron chi connectivity index (χ3n) is 2.89. The van der Waals surface area contributed by atoms with Gasteiger partial charge in [-0.1, -0.05) is 12.1 Å². The molecule has 0 aliphatic heterocycles. The van der Waals surface area contributed by atoms with Gasteiger partial charge >= 0.3 is 10.1 Å². The molecule has 0 spiro atoms. The molecule has 0 radical (unpaired) electrons. The molecule has 7 nitrogen and oxygen atoms in total. The summed E-state index contributed by atoms with van der Waals surface area (Å²) in [7, 11) is -3.69. The van der Waals surface area contributed by atoms with E-state index in [1.807, 2.05) is 32.0 Å². The van der Waals surface area contributed by atoms with Gasteiger partial charge in [0.25, 0.3) is 0 Å². The monoisotopic (exact) mass is 308 g/mol. The lowest BCUT2D eigenvalue weighted by atomic mass is 10.1. The van der Waals surface area contributed by atoms with Crippen LogP contribution in [0.1, 0.15) is 17.0 Å². The summed E-state index contributed by atoms with van der Waals surface area (Å²) in [6.07, 6.45) is 2.55. The Kier molecular flexibility index (Phi) is 3.99. The van der Waals surface area contributed by atoms with E-state index in [0.717, 1.165) is 17.4 Å². The van der Waals surface area contributed by atoms with Crippen LogP contribution in [0.4, 0.5) is 0 Å². The fraction of sp³-hybridized carbons (Fsp3) is 0.231. The number of nitrogens with zero attached hydrogens (tertiary/aromatic N) is 2. The van der Waals surface area contributed by atoms with E-state index in [9.17, 15) is 8.42 Å². The minimum atomic E-state index is -3.69. The SMILES string of the molecule is Cc1ccc(-c2c[nH]c(C(N)=NOS(C)(=O)=O)n2)cc1C. The maximum Gasteiger partial charge on any atom is 0.325 e. The van der Waals surface area contributed by atoms with Gasteiger partial charge in [0, 0.05) is 11.8 Å². The number of nitrogens with one attached hydrogen (secondary N) is 1. The summed E-state index contributed by atoms with van der Waals surface area (Å²) in [5.74, 6) is 0.0994. The van der Waals surface area contributed by atoms with Gasteiger partial charge < -0.3 is 10.7 Å². The molecule has 2 rings (SSSR count). The Hall–Kier alpha value is -2.35. The standard InChI is InChI=1S/C13H16N4O3S/c1-8-4-5-10(6-9(8)2)11-7-15-13(16-11)12(14)17-20-21(3,18)19/h4-7H,1-3H3,(H2,14,17)(H,15,16). The lowest BCUT2D eigenvalue weighted by molar-refractivity contribution is 0.342. The molecule has 1 aromatic carbocycles. The Labute approximate surface area is 123 Å². The average molecular weight is 308 g/mol. The second kappa shape index (κ2) is 5.57. The molecule has 0 fully saturated rings. The topological polar surface area (TPSA) is 110 Å². The van der Waals surface area contributed by atoms with E-state index >= 15 is 0 Å². The van der Waals surface area contributed by atoms with E-state index in [0.29, 0.717) is 5.69 Å². The number of H-pyrrole nitrogens is 1. The molecule has 1 heterocycles. The van der Waals surface area contributed by atoms with E-state index < -0.39 is 10.1 Å². The van der Waals surface area contributed by atoms with E-state index in [1.165, 1.54) is 5.56 Å². The van der Waals surface area contributed by atoms with Crippen LogP contribution in [0.25, 0.3) is 11.3 Å². The molecule has 1 aromatic heterocycles. The molecule has 0 unspecified atom stereocenters. The Balaban J connectivity index is 2.27. The number of amidine groups is 1. The number of oxime groups is 1. The number of nitrogens with two attached hydrogens (primary N) is 1. The largest absolute Gasteiger partial charge is 0.378 e. The van der Waals surface area contributed by atoms with Gasteiger partial charge in [0.15, 0.2) is 5.82 Å². The van der Waals surface area contributed by atoms with Gasteiger partial charge in [0.1, 0.15) is 0 Å². The van der Waals surface area contributed by atoms with Crippen LogP contribution in [0.5, 0.6) is 0 Å². The summed E-state index contributed by atoms with van der Waals surface area (Å²) in [6.45, 7) is 4.05. The normalized spacial score (nSPS) is 12.4. The second-order valence-corrected chi connectivity index (χ2v) is 6.25. The molecule has 0 amide bonds. The molecule has 0 aliphatic carbocycles. The fourth-order valence-corrected chi connectivity index (χ4v) is 1.87. The highest BCUT2D eigenvalue weighted by Gasteiger charge is 2.09. The quantitative estimate of drug-likeness (QED) is 0.502. The van der Waals surface area contributed by atoms with Crippen LogP contribution in [0.15, 0.2) is 29.6 Å². The van der Waals surface area contributed by atoms with E-state index in [4.69, 9.17) is 5.73 Å². The first-order valence-corrected chi connectivity index (χ1v) is 7.93. The summed E-state index contributed by atoms with van der Waals surface area (Å²) in [5, 5.41) is 3.32. The molecular weight excluding hydrogens is 292 g/mol. The van der Waals surface area contributed by atoms with Crippen molar-refractivity contribution in [2.24, 2.45) is 10.9 Å². The first-order valence-electron chi connectivity index (χ1n) is 6.12. The number of aryl methyl sites for hydroxylation is 2. The van der Waals surface area contributed by atoms with Gasteiger partial charge in [-0.3, -0.25) is 4.28 Å². The van der Waals surface area contributed by atoms with Crippen LogP contribution in [0, 0.1) is 13.8 Å². The average Bonchev–Trinajstić information content (AvgIpc) is 2.88. The molecular formula is C13H16N4O3S. The second-order valence-electron chi connectivity index (χ2n) is 4.69. The highest BCUT2D eigenvalue weighted by atomic mass is 32.2. The van der Waals surface area contributed by atoms with Crippen molar-refractivity contribution in [2.75, 3.05) is 6.26 Å². The van der Waals surface area contributed by atoms with Crippen molar-refractivity contribution in [1.82, 2.24) is 9.97 Å². The van der Waals surface area contributed by atoms with Crippen molar-refractivity contribution in [3.05, 3.63) is 41.3 Å². The van der Waals surface area contributed by atoms with Crippen molar-refractivity contribution in [3.63, 3.8) is 0 Å². The highest BCUT2D eigenvalue weighted by Crippen LogP contribution is 2.20. The van der Waals surface area contributed by atoms with Crippen LogP contribution < -0.4 is 5.73 Å². The molecule has 0 bridgehead atoms. The summed E-state index contributed by atoms with van der Waals surface area (Å²) in [5.41, 5.74) is 9.57. The molecule has 2 aromatic rings. The molecule has 8 heteroatoms. The summed E-state index contributed by atoms with van der Waals surface area (Å²) in [4.78, 5) is 7.10. The van der Waals surface area contributed by atoms with Crippen LogP contribution in [0.3, 0.4) is 0 Å². The number of hydrogen-bond donors (Lipinski definition) is 2. The third kappa shape index (κ3) is 3.82. The summed E-state index contributed by atoms with van der Waals surface area (Å²) in [6, 6.07) is 5.96. The number of aromatic amines is 1. The third-order valence-corrected chi connectivity index (χ3v) is 3.24. The molecule has 0 saturated carbocycles. The number of benzene rings is 1. The summed E-state index contributed by atoms with van der Waals surface area (Å²) < 4.78 is 26.0. The number of aromatic nitrogens is 2. The lowest BCUT2D eigenvalue weighted by Crippen LogP contribution is -2.16. The lowest BCUT2D eigenvalue weighted by Gasteiger charge is -2.02. The van der Waals surface area contributed by atoms with Crippen LogP contribution >= 0.6 is 0 Å². The van der Waals surface area contributed by atoms with E-state index in [1.54, 1.807) is 6.20 Å². The Morgan fingerprint density at radius 3 is 2.67 bits per heavy atom. The first-order chi connectivity index (χ1) is 9.76. The van der Waals surface area contributed by atoms with Gasteiger partial charge in [0.05, 0.1) is 11.9 Å². The van der Waals surface area contributed by atoms with Crippen molar-refractivity contribution in [1.29, 1.82) is 0 Å². The fourth-order valence-electron chi connectivity index (χ4n) is 1.65. The van der Waals surface area contributed by atoms with Crippen molar-refractivity contribution < 1.29 is 12.7 Å². The minimum absolute atomic E-state index is 0.143. The van der Waals surface area contributed by atoms with Crippen molar-refractivity contribution >= 4 is 16.0 Å². The number of imidazole rings is 1. The van der Waals surface area contributed by atoms with Gasteiger partial charge in [-0.2, -0.15) is 8.42 Å². The predicted octanol–water partition coefficient (Wildman–Crippen LogP) is 1.29. The van der Waals surface area contributed by atoms with Gasteiger partial charge in [-0.15, -0.1) is 0 Å². The first kappa shape index (κ1) is 15.0. The molecule has 3 N–H and O–H groups in total. The Bertz CT molecular complexity index is 793. The number of hydrogen-bond acceptors (Lipinski definition) is 5. The Morgan fingerprint density at radius 1 is 1.33 bits per heavy atom. The maximum absolute atomic E-state index is 10.8. The Morgan fingerprint density at radius 2 is 2.05 bits per heavy atom. The van der Waals surface area contributed by atoms with E-state index in [-0.39, 0.29) is 11.7 Å². The highest BCUT2D eigenvalue weighted by molar-refractivity contribution is 7.85. The van der Waals surface area contributed by atoms with Gasteiger partial charge in [0.2, 0.25) is 5.84 Å². The summed E-state index contributed by atoms with van der Waals surface area (Å²) >= 11 is 0.